The van der Waals surface area contributed by atoms with Gasteiger partial charge in [0, 0.05) is 12.2 Å². The standard InChI is InChI=1S/C15H14N2O3S/c16-12-6-7-14-13(10-12)15(18)17(21(14,19)20)9-8-11-4-2-1-3-5-11/h1-7,10H,8-9,16H2. The van der Waals surface area contributed by atoms with Crippen LogP contribution in [-0.4, -0.2) is 25.2 Å². The first-order valence-corrected chi connectivity index (χ1v) is 7.94. The average molecular weight is 302 g/mol. The van der Waals surface area contributed by atoms with Gasteiger partial charge >= 0.3 is 0 Å². The van der Waals surface area contributed by atoms with Crippen molar-refractivity contribution in [3.8, 4) is 0 Å². The molecule has 2 aromatic rings. The van der Waals surface area contributed by atoms with Crippen LogP contribution in [0.3, 0.4) is 0 Å². The van der Waals surface area contributed by atoms with E-state index in [9.17, 15) is 13.2 Å². The second-order valence-electron chi connectivity index (χ2n) is 4.87. The lowest BCUT2D eigenvalue weighted by Gasteiger charge is -2.14. The van der Waals surface area contributed by atoms with Crippen LogP contribution in [0.15, 0.2) is 53.4 Å². The lowest BCUT2D eigenvalue weighted by atomic mass is 10.1. The molecule has 1 amide bonds. The first kappa shape index (κ1) is 13.6. The fourth-order valence-corrected chi connectivity index (χ4v) is 3.95. The van der Waals surface area contributed by atoms with Gasteiger partial charge in [-0.1, -0.05) is 30.3 Å². The van der Waals surface area contributed by atoms with Crippen molar-refractivity contribution in [1.29, 1.82) is 0 Å². The highest BCUT2D eigenvalue weighted by molar-refractivity contribution is 7.90. The Bertz CT molecular complexity index is 801. The van der Waals surface area contributed by atoms with E-state index < -0.39 is 15.9 Å². The van der Waals surface area contributed by atoms with Crippen LogP contribution >= 0.6 is 0 Å². The zero-order valence-corrected chi connectivity index (χ0v) is 12.0. The van der Waals surface area contributed by atoms with Crippen LogP contribution < -0.4 is 5.73 Å². The number of hydrogen-bond acceptors (Lipinski definition) is 4. The van der Waals surface area contributed by atoms with Crippen molar-refractivity contribution >= 4 is 21.6 Å². The largest absolute Gasteiger partial charge is 0.399 e. The summed E-state index contributed by atoms with van der Waals surface area (Å²) in [5, 5.41) is 0. The fourth-order valence-electron chi connectivity index (χ4n) is 2.40. The number of nitrogens with two attached hydrogens (primary N) is 1. The van der Waals surface area contributed by atoms with Crippen LogP contribution in [0.4, 0.5) is 5.69 Å². The summed E-state index contributed by atoms with van der Waals surface area (Å²) >= 11 is 0. The number of nitrogen functional groups attached to an aromatic ring is 1. The Kier molecular flexibility index (Phi) is 3.17. The van der Waals surface area contributed by atoms with Crippen molar-refractivity contribution < 1.29 is 13.2 Å². The molecule has 1 heterocycles. The van der Waals surface area contributed by atoms with Gasteiger partial charge in [0.25, 0.3) is 15.9 Å². The van der Waals surface area contributed by atoms with E-state index in [1.165, 1.54) is 18.2 Å². The number of carbonyl (C=O) groups excluding carboxylic acids is 1. The number of hydrogen-bond donors (Lipinski definition) is 1. The highest BCUT2D eigenvalue weighted by Crippen LogP contribution is 2.31. The minimum absolute atomic E-state index is 0.0368. The van der Waals surface area contributed by atoms with Gasteiger partial charge in [-0.2, -0.15) is 0 Å². The molecule has 0 fully saturated rings. The van der Waals surface area contributed by atoms with Crippen molar-refractivity contribution in [3.63, 3.8) is 0 Å². The van der Waals surface area contributed by atoms with Crippen molar-refractivity contribution in [2.75, 3.05) is 12.3 Å². The molecule has 21 heavy (non-hydrogen) atoms. The number of rotatable bonds is 3. The Morgan fingerprint density at radius 3 is 2.48 bits per heavy atom. The second-order valence-corrected chi connectivity index (χ2v) is 6.70. The number of fused-ring (bicyclic) bond motifs is 1. The van der Waals surface area contributed by atoms with E-state index in [1.807, 2.05) is 30.3 Å². The first-order valence-electron chi connectivity index (χ1n) is 6.50. The summed E-state index contributed by atoms with van der Waals surface area (Å²) in [6.45, 7) is 0.125. The smallest absolute Gasteiger partial charge is 0.269 e. The van der Waals surface area contributed by atoms with Gasteiger partial charge in [-0.25, -0.2) is 12.7 Å². The number of amides is 1. The predicted molar refractivity (Wildman–Crippen MR) is 79.2 cm³/mol. The molecule has 5 nitrogen and oxygen atoms in total. The quantitative estimate of drug-likeness (QED) is 0.874. The molecule has 0 aromatic heterocycles. The Balaban J connectivity index is 1.90. The molecule has 0 atom stereocenters. The minimum atomic E-state index is -3.75. The highest BCUT2D eigenvalue weighted by atomic mass is 32.2. The molecule has 108 valence electrons. The van der Waals surface area contributed by atoms with E-state index >= 15 is 0 Å². The molecule has 0 radical (unpaired) electrons. The van der Waals surface area contributed by atoms with Gasteiger partial charge in [-0.05, 0) is 30.2 Å². The molecule has 0 unspecified atom stereocenters. The van der Waals surface area contributed by atoms with Gasteiger partial charge in [0.05, 0.1) is 5.56 Å². The van der Waals surface area contributed by atoms with Gasteiger partial charge in [0.15, 0.2) is 0 Å². The summed E-state index contributed by atoms with van der Waals surface area (Å²) in [5.41, 5.74) is 7.14. The summed E-state index contributed by atoms with van der Waals surface area (Å²) < 4.78 is 25.7. The number of benzene rings is 2. The zero-order chi connectivity index (χ0) is 15.0. The second kappa shape index (κ2) is 4.89. The van der Waals surface area contributed by atoms with Crippen molar-refractivity contribution in [2.45, 2.75) is 11.3 Å². The Morgan fingerprint density at radius 2 is 1.76 bits per heavy atom. The fraction of sp³-hybridized carbons (Fsp3) is 0.133. The number of anilines is 1. The normalized spacial score (nSPS) is 16.0. The molecule has 0 bridgehead atoms. The molecule has 0 spiro atoms. The first-order chi connectivity index (χ1) is 10.00. The van der Waals surface area contributed by atoms with Gasteiger partial charge in [0.2, 0.25) is 0 Å². The maximum Gasteiger partial charge on any atom is 0.269 e. The predicted octanol–water partition coefficient (Wildman–Crippen LogP) is 1.66. The van der Waals surface area contributed by atoms with Crippen LogP contribution in [0.25, 0.3) is 0 Å². The van der Waals surface area contributed by atoms with E-state index in [4.69, 9.17) is 5.73 Å². The van der Waals surface area contributed by atoms with E-state index in [2.05, 4.69) is 0 Å². The van der Waals surface area contributed by atoms with E-state index in [1.54, 1.807) is 0 Å². The molecule has 3 rings (SSSR count). The van der Waals surface area contributed by atoms with Crippen LogP contribution in [-0.2, 0) is 16.4 Å². The minimum Gasteiger partial charge on any atom is -0.399 e. The molecule has 0 aliphatic carbocycles. The number of sulfonamides is 1. The van der Waals surface area contributed by atoms with Crippen molar-refractivity contribution in [1.82, 2.24) is 4.31 Å². The molecule has 0 saturated heterocycles. The summed E-state index contributed by atoms with van der Waals surface area (Å²) in [7, 11) is -3.75. The lowest BCUT2D eigenvalue weighted by Crippen LogP contribution is -2.32. The Labute approximate surface area is 123 Å². The molecule has 0 saturated carbocycles. The van der Waals surface area contributed by atoms with Gasteiger partial charge in [-0.15, -0.1) is 0 Å². The van der Waals surface area contributed by atoms with E-state index in [0.29, 0.717) is 12.1 Å². The van der Waals surface area contributed by atoms with Crippen molar-refractivity contribution in [3.05, 3.63) is 59.7 Å². The molecular formula is C15H14N2O3S. The van der Waals surface area contributed by atoms with Crippen molar-refractivity contribution in [2.24, 2.45) is 0 Å². The monoisotopic (exact) mass is 302 g/mol. The topological polar surface area (TPSA) is 80.5 Å². The maximum absolute atomic E-state index is 12.4. The number of nitrogens with zero attached hydrogens (tertiary/aromatic N) is 1. The number of carbonyl (C=O) groups is 1. The summed E-state index contributed by atoms with van der Waals surface area (Å²) in [6, 6.07) is 13.7. The van der Waals surface area contributed by atoms with E-state index in [0.717, 1.165) is 9.87 Å². The Hall–Kier alpha value is -2.34. The third-order valence-electron chi connectivity index (χ3n) is 3.47. The van der Waals surface area contributed by atoms with Gasteiger partial charge in [0.1, 0.15) is 4.90 Å². The van der Waals surface area contributed by atoms with Crippen LogP contribution in [0.2, 0.25) is 0 Å². The molecule has 2 N–H and O–H groups in total. The Morgan fingerprint density at radius 1 is 1.05 bits per heavy atom. The SMILES string of the molecule is Nc1ccc2c(c1)C(=O)N(CCc1ccccc1)S2(=O)=O. The summed E-state index contributed by atoms with van der Waals surface area (Å²) in [4.78, 5) is 12.3. The third kappa shape index (κ3) is 2.27. The van der Waals surface area contributed by atoms with Crippen LogP contribution in [0, 0.1) is 0 Å². The van der Waals surface area contributed by atoms with Gasteiger partial charge < -0.3 is 5.73 Å². The van der Waals surface area contributed by atoms with Crippen LogP contribution in [0.5, 0.6) is 0 Å². The third-order valence-corrected chi connectivity index (χ3v) is 5.32. The molecule has 1 aliphatic rings. The maximum atomic E-state index is 12.4. The molecular weight excluding hydrogens is 288 g/mol. The molecule has 1 aliphatic heterocycles. The lowest BCUT2D eigenvalue weighted by molar-refractivity contribution is 0.0872. The highest BCUT2D eigenvalue weighted by Gasteiger charge is 2.40. The molecule has 6 heteroatoms. The van der Waals surface area contributed by atoms with Crippen LogP contribution in [0.1, 0.15) is 15.9 Å². The average Bonchev–Trinajstić information content (AvgIpc) is 2.65. The summed E-state index contributed by atoms with van der Waals surface area (Å²) in [6.07, 6.45) is 0.481. The van der Waals surface area contributed by atoms with E-state index in [-0.39, 0.29) is 17.0 Å². The summed E-state index contributed by atoms with van der Waals surface area (Å²) in [5.74, 6) is -0.506. The van der Waals surface area contributed by atoms with Gasteiger partial charge in [-0.3, -0.25) is 4.79 Å². The zero-order valence-electron chi connectivity index (χ0n) is 11.2. The molecule has 2 aromatic carbocycles.